The molecular weight excluding hydrogens is 318 g/mol. The molecule has 3 rings (SSSR count). The van der Waals surface area contributed by atoms with E-state index in [1.54, 1.807) is 7.11 Å². The normalized spacial score (nSPS) is 17.5. The SMILES string of the molecule is COc1ccc2c(CCCN3CCC(C)(C)CC3)cccc2c1.Cl. The number of benzene rings is 2. The fraction of sp³-hybridized carbons (Fsp3) is 0.524. The van der Waals surface area contributed by atoms with Gasteiger partial charge in [-0.15, -0.1) is 12.4 Å². The fourth-order valence-corrected chi connectivity index (χ4v) is 3.55. The van der Waals surface area contributed by atoms with Gasteiger partial charge in [-0.2, -0.15) is 0 Å². The number of piperidine rings is 1. The zero-order chi connectivity index (χ0) is 16.3. The Morgan fingerprint density at radius 3 is 2.54 bits per heavy atom. The van der Waals surface area contributed by atoms with Crippen molar-refractivity contribution < 1.29 is 4.74 Å². The summed E-state index contributed by atoms with van der Waals surface area (Å²) in [6, 6.07) is 13.0. The van der Waals surface area contributed by atoms with Crippen LogP contribution in [0.25, 0.3) is 10.8 Å². The van der Waals surface area contributed by atoms with Crippen LogP contribution in [-0.4, -0.2) is 31.6 Å². The summed E-state index contributed by atoms with van der Waals surface area (Å²) in [5.74, 6) is 0.936. The highest BCUT2D eigenvalue weighted by Crippen LogP contribution is 2.30. The lowest BCUT2D eigenvalue weighted by molar-refractivity contribution is 0.132. The van der Waals surface area contributed by atoms with E-state index in [1.165, 1.54) is 55.2 Å². The molecule has 1 heterocycles. The number of likely N-dealkylation sites (tertiary alicyclic amines) is 1. The van der Waals surface area contributed by atoms with Crippen molar-refractivity contribution in [1.29, 1.82) is 0 Å². The Morgan fingerprint density at radius 2 is 1.83 bits per heavy atom. The van der Waals surface area contributed by atoms with E-state index in [9.17, 15) is 0 Å². The van der Waals surface area contributed by atoms with Gasteiger partial charge in [-0.1, -0.05) is 38.1 Å². The van der Waals surface area contributed by atoms with E-state index < -0.39 is 0 Å². The minimum Gasteiger partial charge on any atom is -0.497 e. The average molecular weight is 348 g/mol. The van der Waals surface area contributed by atoms with E-state index in [-0.39, 0.29) is 12.4 Å². The smallest absolute Gasteiger partial charge is 0.119 e. The molecule has 2 aromatic carbocycles. The Labute approximate surface area is 152 Å². The van der Waals surface area contributed by atoms with Gasteiger partial charge in [0.15, 0.2) is 0 Å². The molecule has 0 saturated carbocycles. The molecule has 2 aromatic rings. The van der Waals surface area contributed by atoms with Crippen molar-refractivity contribution >= 4 is 23.2 Å². The summed E-state index contributed by atoms with van der Waals surface area (Å²) in [5, 5.41) is 2.65. The van der Waals surface area contributed by atoms with Crippen LogP contribution in [0.3, 0.4) is 0 Å². The molecule has 1 aliphatic heterocycles. The van der Waals surface area contributed by atoms with Crippen LogP contribution in [0, 0.1) is 5.41 Å². The molecule has 0 aliphatic carbocycles. The zero-order valence-corrected chi connectivity index (χ0v) is 16.0. The van der Waals surface area contributed by atoms with Crippen LogP contribution >= 0.6 is 12.4 Å². The first-order chi connectivity index (χ1) is 11.1. The maximum atomic E-state index is 5.33. The Kier molecular flexibility index (Phi) is 6.54. The van der Waals surface area contributed by atoms with Crippen LogP contribution in [-0.2, 0) is 6.42 Å². The molecule has 0 amide bonds. The van der Waals surface area contributed by atoms with Crippen molar-refractivity contribution in [3.8, 4) is 5.75 Å². The van der Waals surface area contributed by atoms with Crippen LogP contribution in [0.2, 0.25) is 0 Å². The highest BCUT2D eigenvalue weighted by Gasteiger charge is 2.24. The van der Waals surface area contributed by atoms with Crippen molar-refractivity contribution in [2.75, 3.05) is 26.7 Å². The summed E-state index contributed by atoms with van der Waals surface area (Å²) in [7, 11) is 1.73. The van der Waals surface area contributed by atoms with Gasteiger partial charge in [-0.25, -0.2) is 0 Å². The second kappa shape index (κ2) is 8.22. The van der Waals surface area contributed by atoms with Crippen molar-refractivity contribution in [1.82, 2.24) is 4.90 Å². The van der Waals surface area contributed by atoms with E-state index in [0.29, 0.717) is 5.41 Å². The molecule has 2 nitrogen and oxygen atoms in total. The molecule has 24 heavy (non-hydrogen) atoms. The maximum Gasteiger partial charge on any atom is 0.119 e. The highest BCUT2D eigenvalue weighted by atomic mass is 35.5. The van der Waals surface area contributed by atoms with Crippen molar-refractivity contribution in [3.63, 3.8) is 0 Å². The molecule has 0 atom stereocenters. The topological polar surface area (TPSA) is 12.5 Å². The monoisotopic (exact) mass is 347 g/mol. The molecular formula is C21H30ClNO. The number of rotatable bonds is 5. The number of halogens is 1. The summed E-state index contributed by atoms with van der Waals surface area (Å²) in [6.07, 6.45) is 5.07. The van der Waals surface area contributed by atoms with Gasteiger partial charge in [0.25, 0.3) is 0 Å². The molecule has 1 saturated heterocycles. The molecule has 0 spiro atoms. The predicted octanol–water partition coefficient (Wildman–Crippen LogP) is 5.32. The van der Waals surface area contributed by atoms with E-state index in [4.69, 9.17) is 4.74 Å². The van der Waals surface area contributed by atoms with Crippen LogP contribution in [0.5, 0.6) is 5.75 Å². The largest absolute Gasteiger partial charge is 0.497 e. The van der Waals surface area contributed by atoms with Gasteiger partial charge in [-0.3, -0.25) is 0 Å². The fourth-order valence-electron chi connectivity index (χ4n) is 3.55. The first-order valence-corrected chi connectivity index (χ1v) is 8.85. The van der Waals surface area contributed by atoms with Crippen LogP contribution < -0.4 is 4.74 Å². The average Bonchev–Trinajstić information content (AvgIpc) is 2.56. The second-order valence-electron chi connectivity index (χ2n) is 7.61. The predicted molar refractivity (Wildman–Crippen MR) is 106 cm³/mol. The highest BCUT2D eigenvalue weighted by molar-refractivity contribution is 5.87. The first kappa shape index (κ1) is 19.1. The number of methoxy groups -OCH3 is 1. The lowest BCUT2D eigenvalue weighted by Gasteiger charge is -2.36. The second-order valence-corrected chi connectivity index (χ2v) is 7.61. The van der Waals surface area contributed by atoms with Gasteiger partial charge in [0.2, 0.25) is 0 Å². The first-order valence-electron chi connectivity index (χ1n) is 8.85. The van der Waals surface area contributed by atoms with Gasteiger partial charge in [0.1, 0.15) is 5.75 Å². The lowest BCUT2D eigenvalue weighted by atomic mass is 9.82. The van der Waals surface area contributed by atoms with Crippen molar-refractivity contribution in [2.24, 2.45) is 5.41 Å². The molecule has 3 heteroatoms. The molecule has 0 N–H and O–H groups in total. The van der Waals surface area contributed by atoms with Crippen molar-refractivity contribution in [3.05, 3.63) is 42.0 Å². The number of fused-ring (bicyclic) bond motifs is 1. The van der Waals surface area contributed by atoms with Gasteiger partial charge in [0.05, 0.1) is 7.11 Å². The van der Waals surface area contributed by atoms with E-state index >= 15 is 0 Å². The Balaban J connectivity index is 0.00000208. The summed E-state index contributed by atoms with van der Waals surface area (Å²) in [5.41, 5.74) is 2.01. The lowest BCUT2D eigenvalue weighted by Crippen LogP contribution is -2.37. The number of nitrogens with zero attached hydrogens (tertiary/aromatic N) is 1. The van der Waals surface area contributed by atoms with Gasteiger partial charge < -0.3 is 9.64 Å². The Hall–Kier alpha value is -1.25. The third-order valence-corrected chi connectivity index (χ3v) is 5.31. The van der Waals surface area contributed by atoms with E-state index in [1.807, 2.05) is 0 Å². The molecule has 132 valence electrons. The molecule has 1 aliphatic rings. The summed E-state index contributed by atoms with van der Waals surface area (Å²) < 4.78 is 5.33. The molecule has 0 unspecified atom stereocenters. The molecule has 0 radical (unpaired) electrons. The number of ether oxygens (including phenoxy) is 1. The van der Waals surface area contributed by atoms with Gasteiger partial charge >= 0.3 is 0 Å². The third kappa shape index (κ3) is 4.64. The zero-order valence-electron chi connectivity index (χ0n) is 15.2. The van der Waals surface area contributed by atoms with Crippen LogP contribution in [0.15, 0.2) is 36.4 Å². The Bertz CT molecular complexity index is 658. The van der Waals surface area contributed by atoms with Crippen molar-refractivity contribution in [2.45, 2.75) is 39.5 Å². The Morgan fingerprint density at radius 1 is 1.08 bits per heavy atom. The molecule has 0 bridgehead atoms. The minimum absolute atomic E-state index is 0. The minimum atomic E-state index is 0. The molecule has 1 fully saturated rings. The quantitative estimate of drug-likeness (QED) is 0.725. The summed E-state index contributed by atoms with van der Waals surface area (Å²) in [6.45, 7) is 8.55. The number of hydrogen-bond donors (Lipinski definition) is 0. The number of hydrogen-bond acceptors (Lipinski definition) is 2. The standard InChI is InChI=1S/C21H29NO.ClH/c1-21(2)11-14-22(15-12-21)13-5-8-17-6-4-7-18-16-19(23-3)9-10-20(17)18;/h4,6-7,9-10,16H,5,8,11-15H2,1-3H3;1H. The van der Waals surface area contributed by atoms with E-state index in [0.717, 1.165) is 12.2 Å². The summed E-state index contributed by atoms with van der Waals surface area (Å²) >= 11 is 0. The summed E-state index contributed by atoms with van der Waals surface area (Å²) in [4.78, 5) is 2.64. The molecule has 0 aromatic heterocycles. The number of aryl methyl sites for hydroxylation is 1. The van der Waals surface area contributed by atoms with Gasteiger partial charge in [-0.05, 0) is 79.2 Å². The van der Waals surface area contributed by atoms with E-state index in [2.05, 4.69) is 55.1 Å². The van der Waals surface area contributed by atoms with Gasteiger partial charge in [0, 0.05) is 0 Å². The van der Waals surface area contributed by atoms with Crippen LogP contribution in [0.4, 0.5) is 0 Å². The maximum absolute atomic E-state index is 5.33. The third-order valence-electron chi connectivity index (χ3n) is 5.31. The van der Waals surface area contributed by atoms with Crippen LogP contribution in [0.1, 0.15) is 38.7 Å².